The molecule has 0 radical (unpaired) electrons. The van der Waals surface area contributed by atoms with Crippen molar-refractivity contribution in [2.24, 2.45) is 18.4 Å². The van der Waals surface area contributed by atoms with Crippen molar-refractivity contribution in [2.45, 2.75) is 90.4 Å². The van der Waals surface area contributed by atoms with Gasteiger partial charge in [0.15, 0.2) is 0 Å². The summed E-state index contributed by atoms with van der Waals surface area (Å²) in [5.41, 5.74) is 2.79. The van der Waals surface area contributed by atoms with E-state index in [9.17, 15) is 9.59 Å². The van der Waals surface area contributed by atoms with Gasteiger partial charge in [-0.05, 0) is 56.1 Å². The summed E-state index contributed by atoms with van der Waals surface area (Å²) in [5, 5.41) is 4.67. The van der Waals surface area contributed by atoms with Crippen LogP contribution >= 0.6 is 0 Å². The van der Waals surface area contributed by atoms with Crippen LogP contribution in [0.3, 0.4) is 0 Å². The van der Waals surface area contributed by atoms with Crippen LogP contribution in [-0.2, 0) is 24.7 Å². The number of piperidine rings is 1. The number of carbonyl (C=O) groups is 2. The maximum atomic E-state index is 14.3. The lowest BCUT2D eigenvalue weighted by molar-refractivity contribution is -0.133. The Labute approximate surface area is 203 Å². The van der Waals surface area contributed by atoms with Gasteiger partial charge in [0.25, 0.3) is 5.91 Å². The van der Waals surface area contributed by atoms with Crippen LogP contribution in [0.4, 0.5) is 0 Å². The molecule has 1 saturated carbocycles. The molecule has 2 saturated heterocycles. The van der Waals surface area contributed by atoms with Gasteiger partial charge in [0.05, 0.1) is 17.8 Å². The Hall–Kier alpha value is -2.63. The molecule has 1 aromatic heterocycles. The first-order valence-corrected chi connectivity index (χ1v) is 12.9. The molecule has 6 heteroatoms. The van der Waals surface area contributed by atoms with Crippen molar-refractivity contribution in [1.29, 1.82) is 0 Å². The van der Waals surface area contributed by atoms with Crippen molar-refractivity contribution in [3.8, 4) is 0 Å². The first kappa shape index (κ1) is 23.1. The Balaban J connectivity index is 1.59. The molecule has 2 bridgehead atoms. The first-order valence-electron chi connectivity index (χ1n) is 12.9. The minimum absolute atomic E-state index is 0.0385. The number of likely N-dealkylation sites (tertiary alicyclic amines) is 2. The van der Waals surface area contributed by atoms with Crippen molar-refractivity contribution >= 4 is 11.8 Å². The average Bonchev–Trinajstić information content (AvgIpc) is 3.29. The van der Waals surface area contributed by atoms with Crippen LogP contribution in [0.5, 0.6) is 0 Å². The second kappa shape index (κ2) is 8.54. The van der Waals surface area contributed by atoms with Gasteiger partial charge in [0.2, 0.25) is 5.91 Å². The minimum atomic E-state index is -0.0587. The van der Waals surface area contributed by atoms with E-state index >= 15 is 0 Å². The number of amides is 2. The number of benzene rings is 1. The number of hydrogen-bond acceptors (Lipinski definition) is 3. The molecule has 2 aliphatic heterocycles. The van der Waals surface area contributed by atoms with Crippen molar-refractivity contribution in [2.75, 3.05) is 0 Å². The molecule has 6 nitrogen and oxygen atoms in total. The van der Waals surface area contributed by atoms with E-state index in [0.717, 1.165) is 44.2 Å². The third-order valence-corrected chi connectivity index (χ3v) is 8.61. The normalized spacial score (nSPS) is 30.2. The van der Waals surface area contributed by atoms with E-state index in [2.05, 4.69) is 59.9 Å². The van der Waals surface area contributed by atoms with Gasteiger partial charge in [-0.1, -0.05) is 51.1 Å². The molecular weight excluding hydrogens is 424 g/mol. The molecule has 182 valence electrons. The van der Waals surface area contributed by atoms with Crippen LogP contribution < -0.4 is 0 Å². The monoisotopic (exact) mass is 462 g/mol. The predicted molar refractivity (Wildman–Crippen MR) is 132 cm³/mol. The van der Waals surface area contributed by atoms with Crippen LogP contribution in [0, 0.1) is 11.3 Å². The minimum Gasteiger partial charge on any atom is -0.334 e. The molecule has 0 unspecified atom stereocenters. The van der Waals surface area contributed by atoms with Crippen molar-refractivity contribution in [3.05, 3.63) is 53.3 Å². The molecule has 3 fully saturated rings. The number of fused-ring (bicyclic) bond motifs is 1. The Bertz CT molecular complexity index is 1080. The van der Waals surface area contributed by atoms with Crippen molar-refractivity contribution in [1.82, 2.24) is 19.6 Å². The SMILES string of the molecule is CC(=O)N1[C@H]2CCC[C@H]3N(C(=O)c4cc(CC(C)C)nn4C)[C@H](Cc4ccccc4)[C@@H]1C[C@@]23C. The molecule has 0 spiro atoms. The van der Waals surface area contributed by atoms with E-state index < -0.39 is 0 Å². The highest BCUT2D eigenvalue weighted by Gasteiger charge is 2.64. The van der Waals surface area contributed by atoms with Crippen molar-refractivity contribution in [3.63, 3.8) is 0 Å². The Kier molecular flexibility index (Phi) is 5.81. The summed E-state index contributed by atoms with van der Waals surface area (Å²) in [6.07, 6.45) is 5.68. The van der Waals surface area contributed by atoms with E-state index in [4.69, 9.17) is 0 Å². The van der Waals surface area contributed by atoms with Gasteiger partial charge in [-0.15, -0.1) is 0 Å². The molecule has 5 rings (SSSR count). The van der Waals surface area contributed by atoms with Crippen LogP contribution in [0.25, 0.3) is 0 Å². The molecule has 1 aliphatic carbocycles. The smallest absolute Gasteiger partial charge is 0.272 e. The summed E-state index contributed by atoms with van der Waals surface area (Å²) in [4.78, 5) is 31.6. The topological polar surface area (TPSA) is 58.4 Å². The number of carbonyl (C=O) groups excluding carboxylic acids is 2. The quantitative estimate of drug-likeness (QED) is 0.668. The summed E-state index contributed by atoms with van der Waals surface area (Å²) < 4.78 is 1.77. The summed E-state index contributed by atoms with van der Waals surface area (Å²) in [7, 11) is 1.88. The van der Waals surface area contributed by atoms with Crippen LogP contribution in [-0.4, -0.2) is 55.6 Å². The molecular formula is C28H38N4O2. The number of aromatic nitrogens is 2. The maximum absolute atomic E-state index is 14.3. The second-order valence-corrected chi connectivity index (χ2v) is 11.4. The highest BCUT2D eigenvalue weighted by Crippen LogP contribution is 2.56. The largest absolute Gasteiger partial charge is 0.334 e. The number of hydrogen-bond donors (Lipinski definition) is 0. The fourth-order valence-corrected chi connectivity index (χ4v) is 7.30. The van der Waals surface area contributed by atoms with Crippen molar-refractivity contribution < 1.29 is 9.59 Å². The van der Waals surface area contributed by atoms with E-state index in [0.29, 0.717) is 11.6 Å². The van der Waals surface area contributed by atoms with Gasteiger partial charge in [-0.2, -0.15) is 5.10 Å². The molecule has 3 heterocycles. The summed E-state index contributed by atoms with van der Waals surface area (Å²) in [5.74, 6) is 0.695. The van der Waals surface area contributed by atoms with Crippen LogP contribution in [0.15, 0.2) is 36.4 Å². The fraction of sp³-hybridized carbons (Fsp3) is 0.607. The lowest BCUT2D eigenvalue weighted by Gasteiger charge is -2.53. The van der Waals surface area contributed by atoms with E-state index in [-0.39, 0.29) is 41.4 Å². The maximum Gasteiger partial charge on any atom is 0.272 e. The highest BCUT2D eigenvalue weighted by molar-refractivity contribution is 5.93. The summed E-state index contributed by atoms with van der Waals surface area (Å²) in [6.45, 7) is 8.38. The highest BCUT2D eigenvalue weighted by atomic mass is 16.2. The Morgan fingerprint density at radius 3 is 2.44 bits per heavy atom. The summed E-state index contributed by atoms with van der Waals surface area (Å²) >= 11 is 0. The third-order valence-electron chi connectivity index (χ3n) is 8.61. The predicted octanol–water partition coefficient (Wildman–Crippen LogP) is 4.23. The number of nitrogens with zero attached hydrogens (tertiary/aromatic N) is 4. The molecule has 1 aromatic carbocycles. The molecule has 34 heavy (non-hydrogen) atoms. The van der Waals surface area contributed by atoms with E-state index in [1.807, 2.05) is 19.2 Å². The van der Waals surface area contributed by atoms with E-state index in [1.54, 1.807) is 11.6 Å². The molecule has 0 N–H and O–H groups in total. The number of aryl methyl sites for hydroxylation is 1. The summed E-state index contributed by atoms with van der Waals surface area (Å²) in [6, 6.07) is 12.8. The second-order valence-electron chi connectivity index (χ2n) is 11.4. The molecule has 3 aliphatic rings. The Morgan fingerprint density at radius 2 is 1.79 bits per heavy atom. The lowest BCUT2D eigenvalue weighted by Crippen LogP contribution is -2.62. The first-order chi connectivity index (χ1) is 16.2. The van der Waals surface area contributed by atoms with Gasteiger partial charge in [0, 0.05) is 31.5 Å². The Morgan fingerprint density at radius 1 is 1.12 bits per heavy atom. The van der Waals surface area contributed by atoms with Gasteiger partial charge in [0.1, 0.15) is 5.69 Å². The zero-order chi connectivity index (χ0) is 24.2. The van der Waals surface area contributed by atoms with Gasteiger partial charge >= 0.3 is 0 Å². The van der Waals surface area contributed by atoms with Gasteiger partial charge in [-0.3, -0.25) is 14.3 Å². The van der Waals surface area contributed by atoms with Gasteiger partial charge < -0.3 is 9.80 Å². The lowest BCUT2D eigenvalue weighted by atomic mass is 9.64. The van der Waals surface area contributed by atoms with Crippen LogP contribution in [0.2, 0.25) is 0 Å². The van der Waals surface area contributed by atoms with Gasteiger partial charge in [-0.25, -0.2) is 0 Å². The average molecular weight is 463 g/mol. The van der Waals surface area contributed by atoms with E-state index in [1.165, 1.54) is 5.56 Å². The molecule has 5 atom stereocenters. The molecule has 2 amide bonds. The standard InChI is InChI=1S/C28H38N4O2/c1-18(2)14-21-16-23(30(5)29-21)27(34)32-22(15-20-10-7-6-8-11-20)24-17-28(4)25(31(24)19(3)33)12-9-13-26(28)32/h6-8,10-11,16,18,22,24-26H,9,12-15,17H2,1-5H3/t22-,24+,25+,26-,28+/m1/s1. The molecule has 2 aromatic rings. The van der Waals surface area contributed by atoms with Crippen LogP contribution in [0.1, 0.15) is 75.1 Å². The fourth-order valence-electron chi connectivity index (χ4n) is 7.30. The zero-order valence-corrected chi connectivity index (χ0v) is 21.2. The third kappa shape index (κ3) is 3.66. The zero-order valence-electron chi connectivity index (χ0n) is 21.2. The number of rotatable bonds is 5.